The zero-order valence-electron chi connectivity index (χ0n) is 8.64. The van der Waals surface area contributed by atoms with Gasteiger partial charge in [0.1, 0.15) is 17.1 Å². The molecule has 80 valence electrons. The first kappa shape index (κ1) is 9.48. The van der Waals surface area contributed by atoms with Crippen molar-refractivity contribution < 1.29 is 4.42 Å². The summed E-state index contributed by atoms with van der Waals surface area (Å²) in [6.45, 7) is 1.91. The van der Waals surface area contributed by atoms with Crippen LogP contribution in [0.4, 0.5) is 0 Å². The van der Waals surface area contributed by atoms with E-state index in [2.05, 4.69) is 4.98 Å². The van der Waals surface area contributed by atoms with Crippen molar-refractivity contribution in [2.75, 3.05) is 0 Å². The minimum atomic E-state index is 0.681. The monoisotopic (exact) mass is 232 g/mol. The topological polar surface area (TPSA) is 30.4 Å². The van der Waals surface area contributed by atoms with E-state index in [4.69, 9.17) is 16.0 Å². The highest BCUT2D eigenvalue weighted by Crippen LogP contribution is 2.22. The summed E-state index contributed by atoms with van der Waals surface area (Å²) in [7, 11) is 0. The number of aryl methyl sites for hydroxylation is 1. The van der Waals surface area contributed by atoms with Crippen molar-refractivity contribution in [3.8, 4) is 11.5 Å². The van der Waals surface area contributed by atoms with Gasteiger partial charge in [-0.25, -0.2) is 4.98 Å². The first-order valence-corrected chi connectivity index (χ1v) is 5.31. The van der Waals surface area contributed by atoms with Gasteiger partial charge in [-0.05, 0) is 25.1 Å². The molecular formula is C12H9ClN2O. The van der Waals surface area contributed by atoms with E-state index in [0.29, 0.717) is 5.02 Å². The van der Waals surface area contributed by atoms with Gasteiger partial charge in [-0.1, -0.05) is 11.6 Å². The van der Waals surface area contributed by atoms with Gasteiger partial charge in [-0.2, -0.15) is 0 Å². The Kier molecular flexibility index (Phi) is 2.01. The van der Waals surface area contributed by atoms with Gasteiger partial charge in [0.05, 0.1) is 0 Å². The van der Waals surface area contributed by atoms with Crippen LogP contribution in [0.5, 0.6) is 0 Å². The SMILES string of the molecule is Cc1ccc(-c2cn3ccc(Cl)cc3n2)o1. The van der Waals surface area contributed by atoms with Gasteiger partial charge >= 0.3 is 0 Å². The van der Waals surface area contributed by atoms with Gasteiger partial charge in [0.2, 0.25) is 0 Å². The van der Waals surface area contributed by atoms with E-state index in [1.54, 1.807) is 0 Å². The number of nitrogens with zero attached hydrogens (tertiary/aromatic N) is 2. The number of rotatable bonds is 1. The largest absolute Gasteiger partial charge is 0.460 e. The van der Waals surface area contributed by atoms with Crippen molar-refractivity contribution in [3.63, 3.8) is 0 Å². The number of furan rings is 1. The lowest BCUT2D eigenvalue weighted by atomic mass is 10.3. The van der Waals surface area contributed by atoms with Crippen molar-refractivity contribution in [3.05, 3.63) is 47.4 Å². The normalized spacial score (nSPS) is 11.1. The molecule has 16 heavy (non-hydrogen) atoms. The molecule has 0 aromatic carbocycles. The quantitative estimate of drug-likeness (QED) is 0.642. The third-order valence-electron chi connectivity index (χ3n) is 2.42. The van der Waals surface area contributed by atoms with E-state index in [-0.39, 0.29) is 0 Å². The van der Waals surface area contributed by atoms with Gasteiger partial charge in [-0.3, -0.25) is 0 Å². The van der Waals surface area contributed by atoms with E-state index in [9.17, 15) is 0 Å². The lowest BCUT2D eigenvalue weighted by Crippen LogP contribution is -1.79. The Bertz CT molecular complexity index is 654. The number of halogens is 1. The van der Waals surface area contributed by atoms with Crippen LogP contribution in [0.15, 0.2) is 41.1 Å². The molecule has 0 saturated carbocycles. The highest BCUT2D eigenvalue weighted by molar-refractivity contribution is 6.30. The van der Waals surface area contributed by atoms with Crippen molar-refractivity contribution >= 4 is 17.2 Å². The van der Waals surface area contributed by atoms with Gasteiger partial charge in [-0.15, -0.1) is 0 Å². The Labute approximate surface area is 97.3 Å². The number of hydrogen-bond acceptors (Lipinski definition) is 2. The molecule has 0 amide bonds. The molecule has 3 aromatic heterocycles. The van der Waals surface area contributed by atoms with E-state index in [1.165, 1.54) is 0 Å². The fraction of sp³-hybridized carbons (Fsp3) is 0.0833. The number of pyridine rings is 1. The molecular weight excluding hydrogens is 224 g/mol. The molecule has 3 nitrogen and oxygen atoms in total. The van der Waals surface area contributed by atoms with Crippen molar-refractivity contribution in [2.24, 2.45) is 0 Å². The summed E-state index contributed by atoms with van der Waals surface area (Å²) in [4.78, 5) is 4.44. The van der Waals surface area contributed by atoms with Gasteiger partial charge in [0.25, 0.3) is 0 Å². The van der Waals surface area contributed by atoms with Gasteiger partial charge in [0, 0.05) is 23.5 Å². The minimum absolute atomic E-state index is 0.681. The van der Waals surface area contributed by atoms with E-state index < -0.39 is 0 Å². The van der Waals surface area contributed by atoms with Crippen LogP contribution >= 0.6 is 11.6 Å². The van der Waals surface area contributed by atoms with Crippen LogP contribution in [0, 0.1) is 6.92 Å². The number of hydrogen-bond donors (Lipinski definition) is 0. The maximum atomic E-state index is 5.90. The second-order valence-corrected chi connectivity index (χ2v) is 4.08. The minimum Gasteiger partial charge on any atom is -0.460 e. The Morgan fingerprint density at radius 3 is 2.94 bits per heavy atom. The van der Waals surface area contributed by atoms with Crippen LogP contribution in [-0.2, 0) is 0 Å². The number of imidazole rings is 1. The summed E-state index contributed by atoms with van der Waals surface area (Å²) in [6, 6.07) is 7.49. The maximum Gasteiger partial charge on any atom is 0.154 e. The fourth-order valence-corrected chi connectivity index (χ4v) is 1.80. The van der Waals surface area contributed by atoms with E-state index in [0.717, 1.165) is 22.9 Å². The summed E-state index contributed by atoms with van der Waals surface area (Å²) >= 11 is 5.90. The maximum absolute atomic E-state index is 5.90. The van der Waals surface area contributed by atoms with Crippen molar-refractivity contribution in [2.45, 2.75) is 6.92 Å². The van der Waals surface area contributed by atoms with Crippen LogP contribution in [0.3, 0.4) is 0 Å². The molecule has 0 aliphatic carbocycles. The van der Waals surface area contributed by atoms with Crippen LogP contribution in [0.25, 0.3) is 17.1 Å². The molecule has 0 spiro atoms. The van der Waals surface area contributed by atoms with Crippen LogP contribution in [0.1, 0.15) is 5.76 Å². The highest BCUT2D eigenvalue weighted by atomic mass is 35.5. The first-order valence-electron chi connectivity index (χ1n) is 4.93. The molecule has 0 fully saturated rings. The molecule has 0 unspecified atom stereocenters. The summed E-state index contributed by atoms with van der Waals surface area (Å²) in [5.41, 5.74) is 1.63. The molecule has 0 atom stereocenters. The lowest BCUT2D eigenvalue weighted by Gasteiger charge is -1.90. The molecule has 3 aromatic rings. The van der Waals surface area contributed by atoms with Gasteiger partial charge in [0.15, 0.2) is 5.76 Å². The van der Waals surface area contributed by atoms with Crippen LogP contribution in [0.2, 0.25) is 5.02 Å². The zero-order chi connectivity index (χ0) is 11.1. The molecule has 3 heterocycles. The first-order chi connectivity index (χ1) is 7.72. The van der Waals surface area contributed by atoms with Gasteiger partial charge < -0.3 is 8.82 Å². The molecule has 0 aliphatic heterocycles. The summed E-state index contributed by atoms with van der Waals surface area (Å²) in [5.74, 6) is 1.66. The average molecular weight is 233 g/mol. The van der Waals surface area contributed by atoms with Crippen molar-refractivity contribution in [1.29, 1.82) is 0 Å². The van der Waals surface area contributed by atoms with Crippen LogP contribution in [-0.4, -0.2) is 9.38 Å². The Morgan fingerprint density at radius 2 is 2.19 bits per heavy atom. The standard InChI is InChI=1S/C12H9ClN2O/c1-8-2-3-11(16-8)10-7-15-5-4-9(13)6-12(15)14-10/h2-7H,1H3. The fourth-order valence-electron chi connectivity index (χ4n) is 1.65. The molecule has 0 saturated heterocycles. The van der Waals surface area contributed by atoms with E-state index in [1.807, 2.05) is 48.0 Å². The smallest absolute Gasteiger partial charge is 0.154 e. The second-order valence-electron chi connectivity index (χ2n) is 3.65. The van der Waals surface area contributed by atoms with Crippen molar-refractivity contribution in [1.82, 2.24) is 9.38 Å². The Balaban J connectivity index is 2.18. The third kappa shape index (κ3) is 1.49. The summed E-state index contributed by atoms with van der Waals surface area (Å²) in [5, 5.41) is 0.681. The predicted molar refractivity (Wildman–Crippen MR) is 62.6 cm³/mol. The predicted octanol–water partition coefficient (Wildman–Crippen LogP) is 3.56. The molecule has 0 bridgehead atoms. The third-order valence-corrected chi connectivity index (χ3v) is 2.65. The Morgan fingerprint density at radius 1 is 1.31 bits per heavy atom. The average Bonchev–Trinajstić information content (AvgIpc) is 2.83. The number of fused-ring (bicyclic) bond motifs is 1. The molecule has 0 aliphatic rings. The summed E-state index contributed by atoms with van der Waals surface area (Å²) < 4.78 is 7.44. The molecule has 3 rings (SSSR count). The lowest BCUT2D eigenvalue weighted by molar-refractivity contribution is 0.547. The molecule has 0 N–H and O–H groups in total. The number of aromatic nitrogens is 2. The molecule has 4 heteroatoms. The highest BCUT2D eigenvalue weighted by Gasteiger charge is 2.07. The second kappa shape index (κ2) is 3.39. The van der Waals surface area contributed by atoms with E-state index >= 15 is 0 Å². The molecule has 0 radical (unpaired) electrons. The zero-order valence-corrected chi connectivity index (χ0v) is 9.40. The Hall–Kier alpha value is -1.74. The van der Waals surface area contributed by atoms with Crippen LogP contribution < -0.4 is 0 Å². The summed E-state index contributed by atoms with van der Waals surface area (Å²) in [6.07, 6.45) is 3.80.